The van der Waals surface area contributed by atoms with Gasteiger partial charge in [-0.2, -0.15) is 5.26 Å². The minimum Gasteiger partial charge on any atom is -0.384 e. The highest BCUT2D eigenvalue weighted by Crippen LogP contribution is 2.34. The third-order valence-electron chi connectivity index (χ3n) is 4.10. The molecule has 0 unspecified atom stereocenters. The highest BCUT2D eigenvalue weighted by atomic mass is 32.1. The van der Waals surface area contributed by atoms with Crippen molar-refractivity contribution < 1.29 is 4.74 Å². The van der Waals surface area contributed by atoms with Crippen LogP contribution in [0, 0.1) is 11.3 Å². The molecule has 0 radical (unpaired) electrons. The van der Waals surface area contributed by atoms with E-state index in [4.69, 9.17) is 15.0 Å². The van der Waals surface area contributed by atoms with Crippen LogP contribution < -0.4 is 5.56 Å². The fourth-order valence-electron chi connectivity index (χ4n) is 3.05. The predicted octanol–water partition coefficient (Wildman–Crippen LogP) is 2.44. The molecule has 0 aliphatic heterocycles. The molecule has 2 aromatic rings. The third kappa shape index (κ3) is 2.67. The Balaban J connectivity index is 2.09. The summed E-state index contributed by atoms with van der Waals surface area (Å²) in [5.74, 6) is 0.775. The summed E-state index contributed by atoms with van der Waals surface area (Å²) < 4.78 is 6.89. The van der Waals surface area contributed by atoms with Crippen molar-refractivity contribution in [3.05, 3.63) is 26.6 Å². The number of fused-ring (bicyclic) bond motifs is 3. The molecule has 0 aromatic carbocycles. The predicted molar refractivity (Wildman–Crippen MR) is 86.3 cm³/mol. The molecule has 0 spiro atoms. The number of hydrogen-bond donors (Lipinski definition) is 0. The van der Waals surface area contributed by atoms with Crippen molar-refractivity contribution in [2.45, 2.75) is 45.1 Å². The van der Waals surface area contributed by atoms with Gasteiger partial charge in [-0.05, 0) is 31.2 Å². The number of rotatable bonds is 6. The first-order valence-corrected chi connectivity index (χ1v) is 8.47. The van der Waals surface area contributed by atoms with Crippen molar-refractivity contribution >= 4 is 21.6 Å². The lowest BCUT2D eigenvalue weighted by atomic mass is 10.2. The molecule has 0 saturated heterocycles. The number of aryl methyl sites for hydroxylation is 2. The van der Waals surface area contributed by atoms with E-state index in [1.165, 1.54) is 10.4 Å². The van der Waals surface area contributed by atoms with Crippen LogP contribution in [0.2, 0.25) is 0 Å². The number of hydrogen-bond acceptors (Lipinski definition) is 5. The van der Waals surface area contributed by atoms with Crippen molar-refractivity contribution in [1.29, 1.82) is 5.26 Å². The zero-order chi connectivity index (χ0) is 15.5. The minimum absolute atomic E-state index is 0.0634. The lowest BCUT2D eigenvalue weighted by molar-refractivity contribution is 0.199. The molecular formula is C16H19N3O2S. The number of thiophene rings is 1. The Labute approximate surface area is 133 Å². The number of nitrogens with zero attached hydrogens (tertiary/aromatic N) is 3. The normalized spacial score (nSPS) is 13.5. The van der Waals surface area contributed by atoms with Crippen LogP contribution in [0.1, 0.15) is 35.5 Å². The summed E-state index contributed by atoms with van der Waals surface area (Å²) in [7, 11) is 1.65. The average molecular weight is 317 g/mol. The average Bonchev–Trinajstić information content (AvgIpc) is 3.08. The molecule has 0 bridgehead atoms. The van der Waals surface area contributed by atoms with E-state index in [0.717, 1.165) is 35.3 Å². The highest BCUT2D eigenvalue weighted by molar-refractivity contribution is 7.18. The van der Waals surface area contributed by atoms with Crippen LogP contribution in [0.4, 0.5) is 0 Å². The highest BCUT2D eigenvalue weighted by Gasteiger charge is 2.22. The zero-order valence-corrected chi connectivity index (χ0v) is 13.5. The summed E-state index contributed by atoms with van der Waals surface area (Å²) in [6, 6.07) is 2.14. The number of aromatic nitrogens is 2. The molecule has 6 heteroatoms. The molecule has 0 fully saturated rings. The van der Waals surface area contributed by atoms with E-state index in [2.05, 4.69) is 6.07 Å². The molecule has 1 aliphatic rings. The second-order valence-electron chi connectivity index (χ2n) is 5.53. The minimum atomic E-state index is 0.0634. The van der Waals surface area contributed by atoms with Crippen molar-refractivity contribution in [3.8, 4) is 6.07 Å². The van der Waals surface area contributed by atoms with E-state index in [0.29, 0.717) is 32.4 Å². The quantitative estimate of drug-likeness (QED) is 0.767. The van der Waals surface area contributed by atoms with Crippen LogP contribution in [0.15, 0.2) is 4.79 Å². The number of ether oxygens (including phenoxy) is 1. The van der Waals surface area contributed by atoms with Crippen molar-refractivity contribution in [2.24, 2.45) is 0 Å². The molecule has 0 saturated carbocycles. The van der Waals surface area contributed by atoms with E-state index in [1.54, 1.807) is 23.0 Å². The van der Waals surface area contributed by atoms with Crippen LogP contribution in [0.3, 0.4) is 0 Å². The lowest BCUT2D eigenvalue weighted by Crippen LogP contribution is -2.26. The smallest absolute Gasteiger partial charge is 0.262 e. The van der Waals surface area contributed by atoms with Gasteiger partial charge in [-0.25, -0.2) is 4.98 Å². The van der Waals surface area contributed by atoms with Gasteiger partial charge in [0.05, 0.1) is 18.1 Å². The fourth-order valence-corrected chi connectivity index (χ4v) is 4.32. The summed E-state index contributed by atoms with van der Waals surface area (Å²) >= 11 is 1.67. The maximum atomic E-state index is 12.9. The van der Waals surface area contributed by atoms with Gasteiger partial charge in [-0.1, -0.05) is 0 Å². The maximum Gasteiger partial charge on any atom is 0.262 e. The summed E-state index contributed by atoms with van der Waals surface area (Å²) in [5, 5.41) is 9.53. The van der Waals surface area contributed by atoms with Gasteiger partial charge in [0.25, 0.3) is 5.56 Å². The van der Waals surface area contributed by atoms with E-state index in [-0.39, 0.29) is 5.56 Å². The molecule has 0 atom stereocenters. The SMILES string of the molecule is COCCc1nc2sc3c(c2c(=O)n1CCCC#N)CCC3. The second kappa shape index (κ2) is 6.59. The number of methoxy groups -OCH3 is 1. The van der Waals surface area contributed by atoms with E-state index in [9.17, 15) is 4.79 Å². The Morgan fingerprint density at radius 3 is 3.09 bits per heavy atom. The van der Waals surface area contributed by atoms with Crippen LogP contribution in [0.5, 0.6) is 0 Å². The molecule has 116 valence electrons. The Morgan fingerprint density at radius 2 is 2.32 bits per heavy atom. The van der Waals surface area contributed by atoms with Gasteiger partial charge in [0, 0.05) is 31.4 Å². The summed E-state index contributed by atoms with van der Waals surface area (Å²) in [5.41, 5.74) is 1.28. The Kier molecular flexibility index (Phi) is 4.55. The zero-order valence-electron chi connectivity index (χ0n) is 12.7. The van der Waals surface area contributed by atoms with E-state index < -0.39 is 0 Å². The standard InChI is InChI=1S/C16H19N3O2S/c1-21-10-7-13-18-15-14(11-5-4-6-12(11)22-15)16(20)19(13)9-3-2-8-17/h2-7,9-10H2,1H3. The molecule has 0 amide bonds. The molecule has 3 rings (SSSR count). The molecule has 5 nitrogen and oxygen atoms in total. The Hall–Kier alpha value is -1.71. The Bertz CT molecular complexity index is 785. The fraction of sp³-hybridized carbons (Fsp3) is 0.562. The molecule has 22 heavy (non-hydrogen) atoms. The summed E-state index contributed by atoms with van der Waals surface area (Å²) in [6.45, 7) is 1.10. The first-order chi connectivity index (χ1) is 10.8. The van der Waals surface area contributed by atoms with Crippen molar-refractivity contribution in [2.75, 3.05) is 13.7 Å². The summed E-state index contributed by atoms with van der Waals surface area (Å²) in [6.07, 6.45) is 4.94. The topological polar surface area (TPSA) is 67.9 Å². The van der Waals surface area contributed by atoms with Gasteiger partial charge < -0.3 is 4.74 Å². The molecular weight excluding hydrogens is 298 g/mol. The number of unbranched alkanes of at least 4 members (excludes halogenated alkanes) is 1. The van der Waals surface area contributed by atoms with Gasteiger partial charge in [0.15, 0.2) is 0 Å². The second-order valence-corrected chi connectivity index (χ2v) is 6.61. The van der Waals surface area contributed by atoms with Gasteiger partial charge >= 0.3 is 0 Å². The van der Waals surface area contributed by atoms with Crippen LogP contribution in [-0.4, -0.2) is 23.3 Å². The number of nitriles is 1. The lowest BCUT2D eigenvalue weighted by Gasteiger charge is -2.11. The largest absolute Gasteiger partial charge is 0.384 e. The monoisotopic (exact) mass is 317 g/mol. The third-order valence-corrected chi connectivity index (χ3v) is 5.29. The van der Waals surface area contributed by atoms with Crippen LogP contribution in [-0.2, 0) is 30.5 Å². The van der Waals surface area contributed by atoms with Gasteiger partial charge in [0.1, 0.15) is 10.7 Å². The molecule has 2 heterocycles. The maximum absolute atomic E-state index is 12.9. The van der Waals surface area contributed by atoms with Gasteiger partial charge in [-0.3, -0.25) is 9.36 Å². The molecule has 0 N–H and O–H groups in total. The molecule has 1 aliphatic carbocycles. The Morgan fingerprint density at radius 1 is 1.45 bits per heavy atom. The van der Waals surface area contributed by atoms with E-state index in [1.807, 2.05) is 0 Å². The van der Waals surface area contributed by atoms with Gasteiger partial charge in [-0.15, -0.1) is 11.3 Å². The summed E-state index contributed by atoms with van der Waals surface area (Å²) in [4.78, 5) is 19.9. The van der Waals surface area contributed by atoms with Crippen molar-refractivity contribution in [1.82, 2.24) is 9.55 Å². The van der Waals surface area contributed by atoms with Crippen LogP contribution >= 0.6 is 11.3 Å². The molecule has 2 aromatic heterocycles. The van der Waals surface area contributed by atoms with Crippen LogP contribution in [0.25, 0.3) is 10.2 Å². The van der Waals surface area contributed by atoms with Gasteiger partial charge in [0.2, 0.25) is 0 Å². The first kappa shape index (κ1) is 15.2. The first-order valence-electron chi connectivity index (χ1n) is 7.66. The van der Waals surface area contributed by atoms with Crippen molar-refractivity contribution in [3.63, 3.8) is 0 Å². The van der Waals surface area contributed by atoms with E-state index >= 15 is 0 Å².